The van der Waals surface area contributed by atoms with Crippen molar-refractivity contribution in [1.82, 2.24) is 10.2 Å². The second-order valence-corrected chi connectivity index (χ2v) is 5.25. The summed E-state index contributed by atoms with van der Waals surface area (Å²) in [4.78, 5) is 14.2. The summed E-state index contributed by atoms with van der Waals surface area (Å²) in [6.45, 7) is 2.61. The summed E-state index contributed by atoms with van der Waals surface area (Å²) in [7, 11) is 2.09. The van der Waals surface area contributed by atoms with E-state index in [1.54, 1.807) is 12.1 Å². The van der Waals surface area contributed by atoms with Crippen LogP contribution < -0.4 is 5.32 Å². The molecule has 0 aromatic heterocycles. The first-order valence-corrected chi connectivity index (χ1v) is 6.86. The number of benzene rings is 1. The summed E-state index contributed by atoms with van der Waals surface area (Å²) in [6.07, 6.45) is 2.64. The van der Waals surface area contributed by atoms with Gasteiger partial charge in [0.05, 0.1) is 0 Å². The summed E-state index contributed by atoms with van der Waals surface area (Å²) < 4.78 is 12.7. The van der Waals surface area contributed by atoms with Crippen LogP contribution in [0.3, 0.4) is 0 Å². The van der Waals surface area contributed by atoms with Crippen LogP contribution in [0.4, 0.5) is 4.39 Å². The molecule has 4 heteroatoms. The van der Waals surface area contributed by atoms with Crippen molar-refractivity contribution in [1.29, 1.82) is 0 Å². The SMILES string of the molecule is CN1CCC(C(=O)NCCc2ccc(F)cc2)CC1. The molecule has 1 aliphatic rings. The first-order chi connectivity index (χ1) is 9.15. The van der Waals surface area contributed by atoms with Gasteiger partial charge in [0.1, 0.15) is 5.82 Å². The average Bonchev–Trinajstić information content (AvgIpc) is 2.41. The van der Waals surface area contributed by atoms with Gasteiger partial charge in [0.2, 0.25) is 5.91 Å². The van der Waals surface area contributed by atoms with Crippen LogP contribution in [0.1, 0.15) is 18.4 Å². The van der Waals surface area contributed by atoms with Crippen LogP contribution in [0, 0.1) is 11.7 Å². The molecule has 1 N–H and O–H groups in total. The van der Waals surface area contributed by atoms with Crippen LogP contribution in [0.5, 0.6) is 0 Å². The molecule has 1 heterocycles. The van der Waals surface area contributed by atoms with Crippen LogP contribution in [0.2, 0.25) is 0 Å². The number of hydrogen-bond acceptors (Lipinski definition) is 2. The molecule has 0 bridgehead atoms. The molecule has 3 nitrogen and oxygen atoms in total. The first-order valence-electron chi connectivity index (χ1n) is 6.86. The summed E-state index contributed by atoms with van der Waals surface area (Å²) in [5.74, 6) is 0.0961. The van der Waals surface area contributed by atoms with E-state index in [4.69, 9.17) is 0 Å². The standard InChI is InChI=1S/C15H21FN2O/c1-18-10-7-13(8-11-18)15(19)17-9-6-12-2-4-14(16)5-3-12/h2-5,13H,6-11H2,1H3,(H,17,19). The number of rotatable bonds is 4. The Bertz CT molecular complexity index is 411. The number of hydrogen-bond donors (Lipinski definition) is 1. The predicted octanol–water partition coefficient (Wildman–Crippen LogP) is 1.83. The Balaban J connectivity index is 1.70. The normalized spacial score (nSPS) is 17.4. The topological polar surface area (TPSA) is 32.3 Å². The van der Waals surface area contributed by atoms with Gasteiger partial charge in [0.15, 0.2) is 0 Å². The quantitative estimate of drug-likeness (QED) is 0.900. The molecule has 19 heavy (non-hydrogen) atoms. The molecule has 0 spiro atoms. The maximum Gasteiger partial charge on any atom is 0.223 e. The van der Waals surface area contributed by atoms with E-state index in [9.17, 15) is 9.18 Å². The van der Waals surface area contributed by atoms with E-state index in [-0.39, 0.29) is 17.6 Å². The Kier molecular flexibility index (Phi) is 4.91. The molecule has 104 valence electrons. The van der Waals surface area contributed by atoms with Crippen molar-refractivity contribution in [2.45, 2.75) is 19.3 Å². The number of amides is 1. The van der Waals surface area contributed by atoms with Gasteiger partial charge in [-0.1, -0.05) is 12.1 Å². The van der Waals surface area contributed by atoms with Gasteiger partial charge in [-0.15, -0.1) is 0 Å². The van der Waals surface area contributed by atoms with Crippen LogP contribution in [0.25, 0.3) is 0 Å². The summed E-state index contributed by atoms with van der Waals surface area (Å²) in [5.41, 5.74) is 1.05. The van der Waals surface area contributed by atoms with Crippen molar-refractivity contribution in [3.8, 4) is 0 Å². The summed E-state index contributed by atoms with van der Waals surface area (Å²) >= 11 is 0. The van der Waals surface area contributed by atoms with Crippen molar-refractivity contribution >= 4 is 5.91 Å². The van der Waals surface area contributed by atoms with Gasteiger partial charge >= 0.3 is 0 Å². The monoisotopic (exact) mass is 264 g/mol. The minimum atomic E-state index is -0.223. The van der Waals surface area contributed by atoms with Gasteiger partial charge in [-0.2, -0.15) is 0 Å². The third kappa shape index (κ3) is 4.31. The highest BCUT2D eigenvalue weighted by molar-refractivity contribution is 5.78. The smallest absolute Gasteiger partial charge is 0.223 e. The third-order valence-electron chi connectivity index (χ3n) is 3.72. The van der Waals surface area contributed by atoms with Crippen molar-refractivity contribution in [3.05, 3.63) is 35.6 Å². The summed E-state index contributed by atoms with van der Waals surface area (Å²) in [6, 6.07) is 6.43. The fourth-order valence-corrected chi connectivity index (χ4v) is 2.40. The zero-order valence-electron chi connectivity index (χ0n) is 11.4. The zero-order valence-corrected chi connectivity index (χ0v) is 11.4. The Labute approximate surface area is 113 Å². The molecular weight excluding hydrogens is 243 g/mol. The van der Waals surface area contributed by atoms with E-state index >= 15 is 0 Å². The number of carbonyl (C=O) groups excluding carboxylic acids is 1. The van der Waals surface area contributed by atoms with E-state index < -0.39 is 0 Å². The molecule has 1 saturated heterocycles. The Morgan fingerprint density at radius 3 is 2.58 bits per heavy atom. The van der Waals surface area contributed by atoms with Crippen LogP contribution in [-0.4, -0.2) is 37.5 Å². The maximum atomic E-state index is 12.7. The molecule has 0 saturated carbocycles. The van der Waals surface area contributed by atoms with Crippen molar-refractivity contribution in [2.24, 2.45) is 5.92 Å². The van der Waals surface area contributed by atoms with Gasteiger partial charge in [-0.05, 0) is 57.1 Å². The minimum Gasteiger partial charge on any atom is -0.356 e. The fraction of sp³-hybridized carbons (Fsp3) is 0.533. The van der Waals surface area contributed by atoms with Gasteiger partial charge in [-0.25, -0.2) is 4.39 Å². The van der Waals surface area contributed by atoms with E-state index in [1.165, 1.54) is 12.1 Å². The second-order valence-electron chi connectivity index (χ2n) is 5.25. The number of nitrogens with zero attached hydrogens (tertiary/aromatic N) is 1. The molecule has 1 amide bonds. The number of nitrogens with one attached hydrogen (secondary N) is 1. The van der Waals surface area contributed by atoms with Crippen molar-refractivity contribution in [3.63, 3.8) is 0 Å². The van der Waals surface area contributed by atoms with Gasteiger partial charge in [0, 0.05) is 12.5 Å². The highest BCUT2D eigenvalue weighted by atomic mass is 19.1. The van der Waals surface area contributed by atoms with Crippen molar-refractivity contribution in [2.75, 3.05) is 26.7 Å². The molecular formula is C15H21FN2O. The van der Waals surface area contributed by atoms with Gasteiger partial charge in [0.25, 0.3) is 0 Å². The zero-order chi connectivity index (χ0) is 13.7. The van der Waals surface area contributed by atoms with E-state index in [0.29, 0.717) is 6.54 Å². The van der Waals surface area contributed by atoms with Gasteiger partial charge in [-0.3, -0.25) is 4.79 Å². The Morgan fingerprint density at radius 1 is 1.32 bits per heavy atom. The molecule has 1 aromatic rings. The molecule has 0 radical (unpaired) electrons. The van der Waals surface area contributed by atoms with Gasteiger partial charge < -0.3 is 10.2 Å². The lowest BCUT2D eigenvalue weighted by Gasteiger charge is -2.28. The van der Waals surface area contributed by atoms with Crippen LogP contribution >= 0.6 is 0 Å². The highest BCUT2D eigenvalue weighted by Crippen LogP contribution is 2.15. The van der Waals surface area contributed by atoms with E-state index in [0.717, 1.165) is 37.9 Å². The summed E-state index contributed by atoms with van der Waals surface area (Å²) in [5, 5.41) is 2.98. The lowest BCUT2D eigenvalue weighted by atomic mass is 9.96. The third-order valence-corrected chi connectivity index (χ3v) is 3.72. The van der Waals surface area contributed by atoms with E-state index in [1.807, 2.05) is 0 Å². The highest BCUT2D eigenvalue weighted by Gasteiger charge is 2.22. The number of halogens is 1. The molecule has 0 aliphatic carbocycles. The molecule has 1 aliphatic heterocycles. The molecule has 2 rings (SSSR count). The number of likely N-dealkylation sites (tertiary alicyclic amines) is 1. The minimum absolute atomic E-state index is 0.157. The number of carbonyl (C=O) groups is 1. The lowest BCUT2D eigenvalue weighted by Crippen LogP contribution is -2.39. The van der Waals surface area contributed by atoms with E-state index in [2.05, 4.69) is 17.3 Å². The van der Waals surface area contributed by atoms with Crippen molar-refractivity contribution < 1.29 is 9.18 Å². The Morgan fingerprint density at radius 2 is 1.95 bits per heavy atom. The van der Waals surface area contributed by atoms with Crippen LogP contribution in [-0.2, 0) is 11.2 Å². The second kappa shape index (κ2) is 6.66. The van der Waals surface area contributed by atoms with Crippen LogP contribution in [0.15, 0.2) is 24.3 Å². The predicted molar refractivity (Wildman–Crippen MR) is 73.3 cm³/mol. The maximum absolute atomic E-state index is 12.7. The lowest BCUT2D eigenvalue weighted by molar-refractivity contribution is -0.126. The first kappa shape index (κ1) is 14.0. The molecule has 0 unspecified atom stereocenters. The molecule has 0 atom stereocenters. The molecule has 1 aromatic carbocycles. The Hall–Kier alpha value is -1.42. The molecule has 1 fully saturated rings. The fourth-order valence-electron chi connectivity index (χ4n) is 2.40. The average molecular weight is 264 g/mol. The largest absolute Gasteiger partial charge is 0.356 e. The number of piperidine rings is 1.